The van der Waals surface area contributed by atoms with Gasteiger partial charge in [-0.05, 0) is 49.8 Å². The molecule has 1 saturated carbocycles. The molecule has 0 aliphatic heterocycles. The molecule has 1 aromatic carbocycles. The fourth-order valence-corrected chi connectivity index (χ4v) is 2.23. The molecule has 1 aliphatic rings. The summed E-state index contributed by atoms with van der Waals surface area (Å²) < 4.78 is 1.89. The van der Waals surface area contributed by atoms with Crippen LogP contribution in [0.5, 0.6) is 0 Å². The summed E-state index contributed by atoms with van der Waals surface area (Å²) in [6, 6.07) is 12.1. The third-order valence-electron chi connectivity index (χ3n) is 3.53. The van der Waals surface area contributed by atoms with Crippen LogP contribution < -0.4 is 0 Å². The molecule has 1 N–H and O–H groups in total. The van der Waals surface area contributed by atoms with Crippen molar-refractivity contribution in [3.63, 3.8) is 0 Å². The van der Waals surface area contributed by atoms with Crippen LogP contribution in [0, 0.1) is 5.92 Å². The number of para-hydroxylation sites is 1. The fraction of sp³-hybridized carbons (Fsp3) is 0.400. The van der Waals surface area contributed by atoms with Gasteiger partial charge in [0.1, 0.15) is 0 Å². The fourth-order valence-electron chi connectivity index (χ4n) is 2.23. The monoisotopic (exact) mass is 242 g/mol. The number of hydrogen-bond acceptors (Lipinski definition) is 2. The molecule has 0 radical (unpaired) electrons. The summed E-state index contributed by atoms with van der Waals surface area (Å²) in [7, 11) is 0. The van der Waals surface area contributed by atoms with E-state index in [0.29, 0.717) is 5.92 Å². The summed E-state index contributed by atoms with van der Waals surface area (Å²) >= 11 is 0. The second kappa shape index (κ2) is 4.94. The molecule has 0 spiro atoms. The van der Waals surface area contributed by atoms with Crippen LogP contribution in [0.2, 0.25) is 0 Å². The molecule has 1 aromatic heterocycles. The lowest BCUT2D eigenvalue weighted by Crippen LogP contribution is -2.10. The molecule has 2 aromatic rings. The van der Waals surface area contributed by atoms with Gasteiger partial charge in [0, 0.05) is 6.20 Å². The molecular weight excluding hydrogens is 224 g/mol. The number of aliphatic hydroxyl groups excluding tert-OH is 1. The van der Waals surface area contributed by atoms with Crippen molar-refractivity contribution in [2.24, 2.45) is 5.92 Å². The van der Waals surface area contributed by atoms with Crippen LogP contribution in [-0.4, -0.2) is 21.0 Å². The smallest absolute Gasteiger partial charge is 0.0645 e. The highest BCUT2D eigenvalue weighted by Crippen LogP contribution is 2.34. The molecule has 1 fully saturated rings. The van der Waals surface area contributed by atoms with E-state index >= 15 is 0 Å². The van der Waals surface area contributed by atoms with E-state index < -0.39 is 0 Å². The molecule has 3 heteroatoms. The van der Waals surface area contributed by atoms with Gasteiger partial charge in [0.15, 0.2) is 0 Å². The van der Waals surface area contributed by atoms with Crippen LogP contribution in [0.3, 0.4) is 0 Å². The Morgan fingerprint density at radius 1 is 1.22 bits per heavy atom. The molecule has 1 atom stereocenters. The average molecular weight is 242 g/mol. The number of hydrogen-bond donors (Lipinski definition) is 1. The summed E-state index contributed by atoms with van der Waals surface area (Å²) in [5.74, 6) is 0.557. The minimum atomic E-state index is -0.133. The Labute approximate surface area is 107 Å². The van der Waals surface area contributed by atoms with Crippen molar-refractivity contribution >= 4 is 0 Å². The van der Waals surface area contributed by atoms with Crippen LogP contribution in [0.4, 0.5) is 0 Å². The Bertz CT molecular complexity index is 502. The van der Waals surface area contributed by atoms with Gasteiger partial charge in [-0.15, -0.1) is 0 Å². The van der Waals surface area contributed by atoms with Crippen LogP contribution >= 0.6 is 0 Å². The van der Waals surface area contributed by atoms with Crippen molar-refractivity contribution in [3.8, 4) is 5.69 Å². The summed E-state index contributed by atoms with van der Waals surface area (Å²) in [5, 5.41) is 14.4. The highest BCUT2D eigenvalue weighted by Gasteiger charge is 2.29. The molecule has 0 saturated heterocycles. The number of rotatable bonds is 5. The highest BCUT2D eigenvalue weighted by molar-refractivity contribution is 5.30. The van der Waals surface area contributed by atoms with Gasteiger partial charge in [-0.2, -0.15) is 5.10 Å². The summed E-state index contributed by atoms with van der Waals surface area (Å²) in [6.07, 6.45) is 5.92. The van der Waals surface area contributed by atoms with Gasteiger partial charge >= 0.3 is 0 Å². The number of aryl methyl sites for hydroxylation is 1. The standard InChI is InChI=1S/C15H18N2O/c18-15(12-6-7-12)9-8-13-10-11-17(16-13)14-4-2-1-3-5-14/h1-5,10-12,15,18H,6-9H2. The predicted molar refractivity (Wildman–Crippen MR) is 70.6 cm³/mol. The molecule has 1 unspecified atom stereocenters. The van der Waals surface area contributed by atoms with E-state index in [4.69, 9.17) is 0 Å². The summed E-state index contributed by atoms with van der Waals surface area (Å²) in [6.45, 7) is 0. The van der Waals surface area contributed by atoms with Gasteiger partial charge in [-0.1, -0.05) is 18.2 Å². The second-order valence-electron chi connectivity index (χ2n) is 5.03. The largest absolute Gasteiger partial charge is 0.393 e. The third-order valence-corrected chi connectivity index (χ3v) is 3.53. The van der Waals surface area contributed by atoms with Crippen LogP contribution in [0.15, 0.2) is 42.6 Å². The van der Waals surface area contributed by atoms with E-state index in [-0.39, 0.29) is 6.10 Å². The molecule has 18 heavy (non-hydrogen) atoms. The van der Waals surface area contributed by atoms with E-state index in [1.165, 1.54) is 12.8 Å². The van der Waals surface area contributed by atoms with Gasteiger partial charge < -0.3 is 5.11 Å². The lowest BCUT2D eigenvalue weighted by atomic mass is 10.1. The number of benzene rings is 1. The van der Waals surface area contributed by atoms with Crippen LogP contribution in [-0.2, 0) is 6.42 Å². The van der Waals surface area contributed by atoms with E-state index in [1.54, 1.807) is 0 Å². The van der Waals surface area contributed by atoms with Gasteiger partial charge in [0.25, 0.3) is 0 Å². The van der Waals surface area contributed by atoms with Crippen LogP contribution in [0.1, 0.15) is 25.0 Å². The number of nitrogens with zero attached hydrogens (tertiary/aromatic N) is 2. The van der Waals surface area contributed by atoms with Gasteiger partial charge in [0.2, 0.25) is 0 Å². The van der Waals surface area contributed by atoms with Crippen molar-refractivity contribution < 1.29 is 5.11 Å². The first kappa shape index (κ1) is 11.5. The van der Waals surface area contributed by atoms with Crippen molar-refractivity contribution in [2.45, 2.75) is 31.8 Å². The molecule has 1 aliphatic carbocycles. The van der Waals surface area contributed by atoms with E-state index in [9.17, 15) is 5.11 Å². The minimum Gasteiger partial charge on any atom is -0.393 e. The normalized spacial score (nSPS) is 16.7. The maximum atomic E-state index is 9.84. The zero-order valence-corrected chi connectivity index (χ0v) is 10.4. The molecule has 3 nitrogen and oxygen atoms in total. The van der Waals surface area contributed by atoms with Crippen molar-refractivity contribution in [2.75, 3.05) is 0 Å². The maximum Gasteiger partial charge on any atom is 0.0645 e. The molecule has 3 rings (SSSR count). The lowest BCUT2D eigenvalue weighted by molar-refractivity contribution is 0.141. The Hall–Kier alpha value is -1.61. The summed E-state index contributed by atoms with van der Waals surface area (Å²) in [4.78, 5) is 0. The molecule has 1 heterocycles. The van der Waals surface area contributed by atoms with Gasteiger partial charge in [0.05, 0.1) is 17.5 Å². The molecular formula is C15H18N2O. The first-order chi connectivity index (χ1) is 8.83. The molecule has 0 bridgehead atoms. The number of aliphatic hydroxyl groups is 1. The Morgan fingerprint density at radius 3 is 2.72 bits per heavy atom. The Balaban J connectivity index is 1.62. The van der Waals surface area contributed by atoms with E-state index in [2.05, 4.69) is 5.10 Å². The molecule has 94 valence electrons. The first-order valence-corrected chi connectivity index (χ1v) is 6.61. The van der Waals surface area contributed by atoms with Crippen molar-refractivity contribution in [3.05, 3.63) is 48.3 Å². The molecule has 0 amide bonds. The van der Waals surface area contributed by atoms with E-state index in [0.717, 1.165) is 24.2 Å². The zero-order valence-electron chi connectivity index (χ0n) is 10.4. The maximum absolute atomic E-state index is 9.84. The first-order valence-electron chi connectivity index (χ1n) is 6.61. The highest BCUT2D eigenvalue weighted by atomic mass is 16.3. The van der Waals surface area contributed by atoms with Gasteiger partial charge in [-0.3, -0.25) is 0 Å². The summed E-state index contributed by atoms with van der Waals surface area (Å²) in [5.41, 5.74) is 2.13. The number of aromatic nitrogens is 2. The van der Waals surface area contributed by atoms with Gasteiger partial charge in [-0.25, -0.2) is 4.68 Å². The predicted octanol–water partition coefficient (Wildman–Crippen LogP) is 2.58. The minimum absolute atomic E-state index is 0.133. The van der Waals surface area contributed by atoms with Crippen LogP contribution in [0.25, 0.3) is 5.69 Å². The van der Waals surface area contributed by atoms with E-state index in [1.807, 2.05) is 47.3 Å². The van der Waals surface area contributed by atoms with Crippen molar-refractivity contribution in [1.82, 2.24) is 9.78 Å². The quantitative estimate of drug-likeness (QED) is 0.875. The lowest BCUT2D eigenvalue weighted by Gasteiger charge is -2.06. The average Bonchev–Trinajstić information content (AvgIpc) is 3.16. The Kier molecular flexibility index (Phi) is 3.15. The topological polar surface area (TPSA) is 38.0 Å². The second-order valence-corrected chi connectivity index (χ2v) is 5.03. The van der Waals surface area contributed by atoms with Crippen molar-refractivity contribution in [1.29, 1.82) is 0 Å². The SMILES string of the molecule is OC(CCc1ccn(-c2ccccc2)n1)C1CC1. The third kappa shape index (κ3) is 2.62. The zero-order chi connectivity index (χ0) is 12.4. The Morgan fingerprint density at radius 2 is 2.00 bits per heavy atom.